The number of hydrogen-bond donors (Lipinski definition) is 0. The van der Waals surface area contributed by atoms with Crippen LogP contribution in [0.15, 0.2) is 36.9 Å². The highest BCUT2D eigenvalue weighted by atomic mass is 16.6. The van der Waals surface area contributed by atoms with E-state index >= 15 is 0 Å². The second-order valence-corrected chi connectivity index (χ2v) is 4.84. The van der Waals surface area contributed by atoms with Crippen molar-refractivity contribution in [2.24, 2.45) is 0 Å². The number of nitrogens with zero attached hydrogens (tertiary/aromatic N) is 2. The molecule has 0 atom stereocenters. The van der Waals surface area contributed by atoms with Gasteiger partial charge >= 0.3 is 11.9 Å². The fourth-order valence-corrected chi connectivity index (χ4v) is 1.76. The molecule has 0 aliphatic rings. The van der Waals surface area contributed by atoms with Crippen molar-refractivity contribution in [1.29, 1.82) is 0 Å². The number of nitro benzene ring substituents is 2. The molecule has 0 saturated heterocycles. The molecule has 0 fully saturated rings. The van der Waals surface area contributed by atoms with Gasteiger partial charge in [0, 0.05) is 18.2 Å². The van der Waals surface area contributed by atoms with Crippen LogP contribution in [-0.4, -0.2) is 35.0 Å². The van der Waals surface area contributed by atoms with Crippen LogP contribution in [0.25, 0.3) is 6.08 Å². The van der Waals surface area contributed by atoms with E-state index in [1.54, 1.807) is 0 Å². The number of carbonyl (C=O) groups excluding carboxylic acids is 2. The Kier molecular flexibility index (Phi) is 8.14. The predicted molar refractivity (Wildman–Crippen MR) is 90.1 cm³/mol. The zero-order valence-electron chi connectivity index (χ0n) is 13.7. The van der Waals surface area contributed by atoms with Crippen LogP contribution in [0.4, 0.5) is 11.4 Å². The van der Waals surface area contributed by atoms with Gasteiger partial charge in [0.1, 0.15) is 0 Å². The molecule has 0 unspecified atom stereocenters. The minimum absolute atomic E-state index is 0.0360. The second-order valence-electron chi connectivity index (χ2n) is 4.84. The first-order valence-electron chi connectivity index (χ1n) is 7.42. The molecule has 0 bridgehead atoms. The Morgan fingerprint density at radius 2 is 1.65 bits per heavy atom. The predicted octanol–water partition coefficient (Wildman–Crippen LogP) is 2.57. The Labute approximate surface area is 148 Å². The number of unbranched alkanes of at least 4 members (excludes halogenated alkanes) is 1. The standard InChI is InChI=1S/C16H16N2O8/c1-2-15(19)25-9-3-4-10-26-16(20)8-6-12-5-7-13(17(21)22)11-14(12)18(23)24/h2,5-8,11H,1,3-4,9-10H2/b8-6+. The van der Waals surface area contributed by atoms with Gasteiger partial charge in [-0.3, -0.25) is 20.2 Å². The van der Waals surface area contributed by atoms with Crippen LogP contribution in [-0.2, 0) is 19.1 Å². The molecule has 0 N–H and O–H groups in total. The van der Waals surface area contributed by atoms with Crippen molar-refractivity contribution in [3.05, 3.63) is 62.7 Å². The van der Waals surface area contributed by atoms with E-state index in [2.05, 4.69) is 6.58 Å². The highest BCUT2D eigenvalue weighted by Crippen LogP contribution is 2.25. The molecule has 0 amide bonds. The molecule has 10 heteroatoms. The SMILES string of the molecule is C=CC(=O)OCCCCOC(=O)/C=C/c1ccc([N+](=O)[O-])cc1[N+](=O)[O-]. The van der Waals surface area contributed by atoms with E-state index in [0.717, 1.165) is 30.4 Å². The fourth-order valence-electron chi connectivity index (χ4n) is 1.76. The van der Waals surface area contributed by atoms with E-state index in [0.29, 0.717) is 12.8 Å². The summed E-state index contributed by atoms with van der Waals surface area (Å²) in [6, 6.07) is 3.09. The summed E-state index contributed by atoms with van der Waals surface area (Å²) in [4.78, 5) is 42.5. The van der Waals surface area contributed by atoms with E-state index in [1.165, 1.54) is 6.07 Å². The van der Waals surface area contributed by atoms with Gasteiger partial charge in [-0.2, -0.15) is 0 Å². The number of ether oxygens (including phenoxy) is 2. The molecule has 26 heavy (non-hydrogen) atoms. The van der Waals surface area contributed by atoms with Gasteiger partial charge in [0.2, 0.25) is 0 Å². The normalized spacial score (nSPS) is 10.3. The molecule has 1 aromatic carbocycles. The van der Waals surface area contributed by atoms with Gasteiger partial charge in [-0.25, -0.2) is 9.59 Å². The summed E-state index contributed by atoms with van der Waals surface area (Å²) in [5.41, 5.74) is -0.880. The van der Waals surface area contributed by atoms with Gasteiger partial charge in [0.15, 0.2) is 0 Å². The average molecular weight is 364 g/mol. The lowest BCUT2D eigenvalue weighted by atomic mass is 10.1. The van der Waals surface area contributed by atoms with Gasteiger partial charge in [-0.15, -0.1) is 0 Å². The van der Waals surface area contributed by atoms with Crippen molar-refractivity contribution in [2.75, 3.05) is 13.2 Å². The zero-order valence-corrected chi connectivity index (χ0v) is 13.7. The summed E-state index contributed by atoms with van der Waals surface area (Å²) in [5.74, 6) is -1.25. The third-order valence-electron chi connectivity index (χ3n) is 3.01. The minimum Gasteiger partial charge on any atom is -0.463 e. The van der Waals surface area contributed by atoms with E-state index in [9.17, 15) is 29.8 Å². The molecule has 0 aliphatic heterocycles. The maximum Gasteiger partial charge on any atom is 0.330 e. The van der Waals surface area contributed by atoms with Gasteiger partial charge in [0.25, 0.3) is 11.4 Å². The maximum absolute atomic E-state index is 11.6. The highest BCUT2D eigenvalue weighted by molar-refractivity contribution is 5.88. The summed E-state index contributed by atoms with van der Waals surface area (Å²) in [6.45, 7) is 3.50. The van der Waals surface area contributed by atoms with Gasteiger partial charge in [-0.1, -0.05) is 6.58 Å². The molecular weight excluding hydrogens is 348 g/mol. The Balaban J connectivity index is 2.52. The Morgan fingerprint density at radius 1 is 1.04 bits per heavy atom. The third-order valence-corrected chi connectivity index (χ3v) is 3.01. The van der Waals surface area contributed by atoms with Crippen molar-refractivity contribution in [3.63, 3.8) is 0 Å². The van der Waals surface area contributed by atoms with Crippen molar-refractivity contribution >= 4 is 29.4 Å². The van der Waals surface area contributed by atoms with E-state index in [-0.39, 0.29) is 18.8 Å². The molecule has 138 valence electrons. The average Bonchev–Trinajstić information content (AvgIpc) is 2.62. The molecule has 1 aromatic rings. The number of nitro groups is 2. The first kappa shape index (κ1) is 20.5. The lowest BCUT2D eigenvalue weighted by molar-refractivity contribution is -0.394. The molecule has 0 radical (unpaired) electrons. The summed E-state index contributed by atoms with van der Waals surface area (Å²) in [6.07, 6.45) is 4.14. The van der Waals surface area contributed by atoms with E-state index < -0.39 is 33.2 Å². The Hall–Kier alpha value is -3.56. The summed E-state index contributed by atoms with van der Waals surface area (Å²) < 4.78 is 9.64. The molecule has 0 aliphatic carbocycles. The maximum atomic E-state index is 11.6. The fraction of sp³-hybridized carbons (Fsp3) is 0.250. The van der Waals surface area contributed by atoms with E-state index in [1.807, 2.05) is 0 Å². The zero-order chi connectivity index (χ0) is 19.5. The molecule has 0 saturated carbocycles. The first-order chi connectivity index (χ1) is 12.3. The van der Waals surface area contributed by atoms with Crippen LogP contribution in [0.5, 0.6) is 0 Å². The molecule has 10 nitrogen and oxygen atoms in total. The topological polar surface area (TPSA) is 139 Å². The lowest BCUT2D eigenvalue weighted by Gasteiger charge is -2.03. The number of carbonyl (C=O) groups is 2. The number of rotatable bonds is 10. The largest absolute Gasteiger partial charge is 0.463 e. The van der Waals surface area contributed by atoms with Crippen molar-refractivity contribution < 1.29 is 28.9 Å². The summed E-state index contributed by atoms with van der Waals surface area (Å²) >= 11 is 0. The van der Waals surface area contributed by atoms with Gasteiger partial charge in [-0.05, 0) is 25.0 Å². The van der Waals surface area contributed by atoms with Crippen LogP contribution in [0.1, 0.15) is 18.4 Å². The van der Waals surface area contributed by atoms with Crippen LogP contribution in [0.2, 0.25) is 0 Å². The van der Waals surface area contributed by atoms with Crippen molar-refractivity contribution in [3.8, 4) is 0 Å². The van der Waals surface area contributed by atoms with E-state index in [4.69, 9.17) is 9.47 Å². The molecule has 0 spiro atoms. The Bertz CT molecular complexity index is 742. The molecule has 1 rings (SSSR count). The van der Waals surface area contributed by atoms with Gasteiger partial charge in [0.05, 0.1) is 34.7 Å². The van der Waals surface area contributed by atoms with Crippen molar-refractivity contribution in [1.82, 2.24) is 0 Å². The Morgan fingerprint density at radius 3 is 2.19 bits per heavy atom. The number of benzene rings is 1. The van der Waals surface area contributed by atoms with Crippen LogP contribution in [0.3, 0.4) is 0 Å². The molecule has 0 aromatic heterocycles. The highest BCUT2D eigenvalue weighted by Gasteiger charge is 2.17. The molecular formula is C16H16N2O8. The molecule has 0 heterocycles. The van der Waals surface area contributed by atoms with Gasteiger partial charge < -0.3 is 9.47 Å². The lowest BCUT2D eigenvalue weighted by Crippen LogP contribution is -2.05. The minimum atomic E-state index is -0.775. The number of non-ortho nitro benzene ring substituents is 1. The quantitative estimate of drug-likeness (QED) is 0.203. The summed E-state index contributed by atoms with van der Waals surface area (Å²) in [7, 11) is 0. The second kappa shape index (κ2) is 10.3. The van der Waals surface area contributed by atoms with Crippen LogP contribution < -0.4 is 0 Å². The number of hydrogen-bond acceptors (Lipinski definition) is 8. The van der Waals surface area contributed by atoms with Crippen molar-refractivity contribution in [2.45, 2.75) is 12.8 Å². The first-order valence-corrected chi connectivity index (χ1v) is 7.42. The monoisotopic (exact) mass is 364 g/mol. The summed E-state index contributed by atoms with van der Waals surface area (Å²) in [5, 5.41) is 21.6. The smallest absolute Gasteiger partial charge is 0.330 e. The third kappa shape index (κ3) is 6.91. The van der Waals surface area contributed by atoms with Crippen LogP contribution >= 0.6 is 0 Å². The van der Waals surface area contributed by atoms with Crippen LogP contribution in [0, 0.1) is 20.2 Å². The number of esters is 2.